The van der Waals surface area contributed by atoms with E-state index in [9.17, 15) is 5.11 Å². The van der Waals surface area contributed by atoms with E-state index in [0.29, 0.717) is 10.7 Å². The molecule has 0 amide bonds. The minimum absolute atomic E-state index is 0.417. The average Bonchev–Trinajstić information content (AvgIpc) is 2.08. The molecule has 3 nitrogen and oxygen atoms in total. The van der Waals surface area contributed by atoms with Crippen LogP contribution in [0, 0.1) is 0 Å². The molecule has 0 aliphatic rings. The monoisotopic (exact) mass is 200 g/mol. The van der Waals surface area contributed by atoms with Crippen LogP contribution in [0.2, 0.25) is 5.02 Å². The number of rotatable bonds is 2. The van der Waals surface area contributed by atoms with E-state index in [1.165, 1.54) is 0 Å². The van der Waals surface area contributed by atoms with Gasteiger partial charge in [0.15, 0.2) is 0 Å². The van der Waals surface area contributed by atoms with E-state index in [-0.39, 0.29) is 0 Å². The van der Waals surface area contributed by atoms with Crippen LogP contribution in [0.4, 0.5) is 5.69 Å². The Morgan fingerprint density at radius 2 is 2.08 bits per heavy atom. The molecule has 0 saturated carbocycles. The Hall–Kier alpha value is -0.770. The van der Waals surface area contributed by atoms with E-state index in [2.05, 4.69) is 0 Å². The van der Waals surface area contributed by atoms with Crippen LogP contribution >= 0.6 is 11.6 Å². The van der Waals surface area contributed by atoms with Crippen LogP contribution in [-0.4, -0.2) is 11.2 Å². The van der Waals surface area contributed by atoms with Crippen molar-refractivity contribution in [3.8, 4) is 0 Å². The van der Waals surface area contributed by atoms with Crippen molar-refractivity contribution in [2.45, 2.75) is 19.1 Å². The maximum Gasteiger partial charge on any atom is 0.0704 e. The highest BCUT2D eigenvalue weighted by atomic mass is 35.5. The van der Waals surface area contributed by atoms with Crippen molar-refractivity contribution in [3.63, 3.8) is 0 Å². The van der Waals surface area contributed by atoms with Gasteiger partial charge < -0.3 is 16.6 Å². The van der Waals surface area contributed by atoms with Gasteiger partial charge in [-0.15, -0.1) is 0 Å². The van der Waals surface area contributed by atoms with Crippen LogP contribution in [0.15, 0.2) is 18.2 Å². The van der Waals surface area contributed by atoms with Crippen molar-refractivity contribution >= 4 is 17.3 Å². The van der Waals surface area contributed by atoms with Gasteiger partial charge in [0.25, 0.3) is 0 Å². The molecule has 0 aliphatic heterocycles. The molecule has 72 valence electrons. The Balaban J connectivity index is 2.97. The highest BCUT2D eigenvalue weighted by Crippen LogP contribution is 2.23. The van der Waals surface area contributed by atoms with Crippen molar-refractivity contribution in [3.05, 3.63) is 28.8 Å². The first-order valence-corrected chi connectivity index (χ1v) is 4.38. The number of nitrogens with two attached hydrogens (primary N) is 2. The molecule has 0 heterocycles. The third-order valence-electron chi connectivity index (χ3n) is 1.92. The molecule has 0 aromatic heterocycles. The average molecular weight is 201 g/mol. The van der Waals surface area contributed by atoms with E-state index in [1.807, 2.05) is 0 Å². The zero-order valence-corrected chi connectivity index (χ0v) is 8.12. The minimum Gasteiger partial charge on any atom is -0.398 e. The Morgan fingerprint density at radius 1 is 1.46 bits per heavy atom. The quantitative estimate of drug-likeness (QED) is 0.631. The lowest BCUT2D eigenvalue weighted by Gasteiger charge is -2.15. The zero-order chi connectivity index (χ0) is 10.0. The van der Waals surface area contributed by atoms with Gasteiger partial charge in [-0.3, -0.25) is 0 Å². The second-order valence-corrected chi connectivity index (χ2v) is 3.45. The normalized spacial score (nSPS) is 15.4. The first-order chi connectivity index (χ1) is 6.02. The molecule has 2 atom stereocenters. The van der Waals surface area contributed by atoms with Gasteiger partial charge in [0.2, 0.25) is 0 Å². The van der Waals surface area contributed by atoms with Crippen molar-refractivity contribution in [2.24, 2.45) is 5.73 Å². The Morgan fingerprint density at radius 3 is 2.54 bits per heavy atom. The fraction of sp³-hybridized carbons (Fsp3) is 0.333. The summed E-state index contributed by atoms with van der Waals surface area (Å²) in [6.07, 6.45) is -0.597. The molecule has 1 aromatic rings. The van der Waals surface area contributed by atoms with E-state index in [0.717, 1.165) is 5.56 Å². The number of halogens is 1. The molecule has 5 N–H and O–H groups in total. The SMILES string of the molecule is CC(O)C(N)c1ccc(Cl)c(N)c1. The fourth-order valence-electron chi connectivity index (χ4n) is 1.05. The predicted molar refractivity (Wildman–Crippen MR) is 54.5 cm³/mol. The molecule has 0 bridgehead atoms. The largest absolute Gasteiger partial charge is 0.398 e. The van der Waals surface area contributed by atoms with Gasteiger partial charge in [-0.25, -0.2) is 0 Å². The summed E-state index contributed by atoms with van der Waals surface area (Å²) in [5.41, 5.74) is 12.6. The van der Waals surface area contributed by atoms with Crippen molar-refractivity contribution in [2.75, 3.05) is 5.73 Å². The number of hydrogen-bond acceptors (Lipinski definition) is 3. The van der Waals surface area contributed by atoms with Gasteiger partial charge in [0, 0.05) is 0 Å². The maximum absolute atomic E-state index is 9.24. The lowest BCUT2D eigenvalue weighted by atomic mass is 10.0. The van der Waals surface area contributed by atoms with Crippen LogP contribution in [0.5, 0.6) is 0 Å². The Bertz CT molecular complexity index is 302. The van der Waals surface area contributed by atoms with E-state index >= 15 is 0 Å². The van der Waals surface area contributed by atoms with Crippen LogP contribution in [0.1, 0.15) is 18.5 Å². The summed E-state index contributed by atoms with van der Waals surface area (Å²) in [6, 6.07) is 4.70. The molecule has 2 unspecified atom stereocenters. The predicted octanol–water partition coefficient (Wildman–Crippen LogP) is 1.30. The van der Waals surface area contributed by atoms with Gasteiger partial charge in [0.05, 0.1) is 22.9 Å². The molecule has 1 aromatic carbocycles. The number of aliphatic hydroxyl groups excluding tert-OH is 1. The van der Waals surface area contributed by atoms with Crippen molar-refractivity contribution in [1.29, 1.82) is 0 Å². The summed E-state index contributed by atoms with van der Waals surface area (Å²) < 4.78 is 0. The first kappa shape index (κ1) is 10.3. The maximum atomic E-state index is 9.24. The molecule has 0 fully saturated rings. The summed E-state index contributed by atoms with van der Waals surface area (Å²) in [4.78, 5) is 0. The summed E-state index contributed by atoms with van der Waals surface area (Å²) in [7, 11) is 0. The number of hydrogen-bond donors (Lipinski definition) is 3. The highest BCUT2D eigenvalue weighted by Gasteiger charge is 2.12. The van der Waals surface area contributed by atoms with E-state index < -0.39 is 12.1 Å². The van der Waals surface area contributed by atoms with Crippen LogP contribution in [-0.2, 0) is 0 Å². The van der Waals surface area contributed by atoms with Crippen LogP contribution < -0.4 is 11.5 Å². The van der Waals surface area contributed by atoms with Gasteiger partial charge in [0.1, 0.15) is 0 Å². The third kappa shape index (κ3) is 2.34. The lowest BCUT2D eigenvalue weighted by molar-refractivity contribution is 0.164. The van der Waals surface area contributed by atoms with Gasteiger partial charge >= 0.3 is 0 Å². The number of benzene rings is 1. The smallest absolute Gasteiger partial charge is 0.0704 e. The van der Waals surface area contributed by atoms with Crippen molar-refractivity contribution in [1.82, 2.24) is 0 Å². The standard InChI is InChI=1S/C9H13ClN2O/c1-5(13)9(12)6-2-3-7(10)8(11)4-6/h2-5,9,13H,11-12H2,1H3. The molecule has 0 aliphatic carbocycles. The molecular weight excluding hydrogens is 188 g/mol. The molecular formula is C9H13ClN2O. The third-order valence-corrected chi connectivity index (χ3v) is 2.27. The second kappa shape index (κ2) is 3.96. The molecule has 0 spiro atoms. The van der Waals surface area contributed by atoms with Crippen molar-refractivity contribution < 1.29 is 5.11 Å². The lowest BCUT2D eigenvalue weighted by Crippen LogP contribution is -2.23. The zero-order valence-electron chi connectivity index (χ0n) is 7.37. The summed E-state index contributed by atoms with van der Waals surface area (Å²) in [5.74, 6) is 0. The Labute approximate surface area is 82.3 Å². The molecule has 1 rings (SSSR count). The highest BCUT2D eigenvalue weighted by molar-refractivity contribution is 6.33. The topological polar surface area (TPSA) is 72.3 Å². The molecule has 0 radical (unpaired) electrons. The number of aliphatic hydroxyl groups is 1. The fourth-order valence-corrected chi connectivity index (χ4v) is 1.17. The number of anilines is 1. The van der Waals surface area contributed by atoms with Gasteiger partial charge in [-0.2, -0.15) is 0 Å². The van der Waals surface area contributed by atoms with Gasteiger partial charge in [-0.1, -0.05) is 17.7 Å². The van der Waals surface area contributed by atoms with E-state index in [1.54, 1.807) is 25.1 Å². The molecule has 13 heavy (non-hydrogen) atoms. The first-order valence-electron chi connectivity index (χ1n) is 4.01. The second-order valence-electron chi connectivity index (χ2n) is 3.05. The van der Waals surface area contributed by atoms with Crippen LogP contribution in [0.25, 0.3) is 0 Å². The van der Waals surface area contributed by atoms with Crippen LogP contribution in [0.3, 0.4) is 0 Å². The Kier molecular flexibility index (Phi) is 3.14. The van der Waals surface area contributed by atoms with E-state index in [4.69, 9.17) is 23.1 Å². The molecule has 4 heteroatoms. The van der Waals surface area contributed by atoms with Gasteiger partial charge in [-0.05, 0) is 24.6 Å². The minimum atomic E-state index is -0.597. The number of nitrogen functional groups attached to an aromatic ring is 1. The summed E-state index contributed by atoms with van der Waals surface area (Å²) >= 11 is 5.74. The molecule has 0 saturated heterocycles. The summed E-state index contributed by atoms with van der Waals surface area (Å²) in [6.45, 7) is 1.63. The summed E-state index contributed by atoms with van der Waals surface area (Å²) in [5, 5.41) is 9.74.